The minimum Gasteiger partial charge on any atom is -0.497 e. The lowest BCUT2D eigenvalue weighted by atomic mass is 9.65. The van der Waals surface area contributed by atoms with Crippen LogP contribution in [-0.4, -0.2) is 29.2 Å². The zero-order valence-corrected chi connectivity index (χ0v) is 17.9. The standard InChI is InChI=1S/C24H28N4O2/c1-23(2)18(21-26-19-7-5-6-8-20(19)27-21)13-14-24(23,3)22(29)28-25-15-16-9-11-17(30-4)12-10-16/h5-12,15,18H,13-14H2,1-4H3,(H,26,27)(H,28,29)/b25-15+. The van der Waals surface area contributed by atoms with Gasteiger partial charge in [-0.15, -0.1) is 0 Å². The van der Waals surface area contributed by atoms with Gasteiger partial charge in [0.1, 0.15) is 11.6 Å². The molecule has 2 unspecified atom stereocenters. The molecule has 4 rings (SSSR count). The van der Waals surface area contributed by atoms with Gasteiger partial charge in [-0.2, -0.15) is 5.10 Å². The first-order chi connectivity index (χ1) is 14.3. The first-order valence-electron chi connectivity index (χ1n) is 10.3. The molecule has 1 amide bonds. The number of ether oxygens (including phenoxy) is 1. The molecule has 1 fully saturated rings. The summed E-state index contributed by atoms with van der Waals surface area (Å²) in [6, 6.07) is 15.6. The molecule has 1 saturated carbocycles. The predicted molar refractivity (Wildman–Crippen MR) is 119 cm³/mol. The van der Waals surface area contributed by atoms with E-state index < -0.39 is 5.41 Å². The van der Waals surface area contributed by atoms with Crippen LogP contribution in [-0.2, 0) is 4.79 Å². The third kappa shape index (κ3) is 3.36. The maximum atomic E-state index is 13.1. The minimum absolute atomic E-state index is 0.0594. The van der Waals surface area contributed by atoms with Crippen molar-refractivity contribution >= 4 is 23.2 Å². The van der Waals surface area contributed by atoms with Crippen molar-refractivity contribution in [2.75, 3.05) is 7.11 Å². The highest BCUT2D eigenvalue weighted by molar-refractivity contribution is 5.86. The summed E-state index contributed by atoms with van der Waals surface area (Å²) in [5.41, 5.74) is 4.83. The second-order valence-electron chi connectivity index (χ2n) is 8.76. The fourth-order valence-corrected chi connectivity index (χ4v) is 4.50. The lowest BCUT2D eigenvalue weighted by Gasteiger charge is -2.39. The molecule has 0 saturated heterocycles. The van der Waals surface area contributed by atoms with Crippen molar-refractivity contribution in [2.45, 2.75) is 39.5 Å². The van der Waals surface area contributed by atoms with Crippen LogP contribution in [0.5, 0.6) is 5.75 Å². The molecule has 0 spiro atoms. The smallest absolute Gasteiger partial charge is 0.246 e. The Morgan fingerprint density at radius 2 is 1.93 bits per heavy atom. The van der Waals surface area contributed by atoms with Crippen LogP contribution in [0, 0.1) is 10.8 Å². The van der Waals surface area contributed by atoms with Gasteiger partial charge in [-0.1, -0.05) is 32.9 Å². The van der Waals surface area contributed by atoms with Crippen LogP contribution in [0.25, 0.3) is 11.0 Å². The monoisotopic (exact) mass is 404 g/mol. The normalized spacial score (nSPS) is 23.1. The maximum absolute atomic E-state index is 13.1. The number of hydrazone groups is 1. The van der Waals surface area contributed by atoms with Gasteiger partial charge in [-0.05, 0) is 60.2 Å². The molecule has 1 heterocycles. The van der Waals surface area contributed by atoms with Crippen molar-refractivity contribution in [2.24, 2.45) is 15.9 Å². The summed E-state index contributed by atoms with van der Waals surface area (Å²) in [6.45, 7) is 6.35. The van der Waals surface area contributed by atoms with Crippen LogP contribution in [0.15, 0.2) is 53.6 Å². The molecular weight excluding hydrogens is 376 g/mol. The van der Waals surface area contributed by atoms with Crippen LogP contribution in [0.2, 0.25) is 0 Å². The molecule has 2 atom stereocenters. The number of methoxy groups -OCH3 is 1. The Balaban J connectivity index is 1.50. The zero-order chi connectivity index (χ0) is 21.4. The number of amides is 1. The van der Waals surface area contributed by atoms with Crippen molar-refractivity contribution < 1.29 is 9.53 Å². The van der Waals surface area contributed by atoms with Crippen LogP contribution in [0.3, 0.4) is 0 Å². The molecule has 0 bridgehead atoms. The number of aromatic nitrogens is 2. The summed E-state index contributed by atoms with van der Waals surface area (Å²) >= 11 is 0. The van der Waals surface area contributed by atoms with E-state index in [9.17, 15) is 4.79 Å². The molecule has 1 aliphatic rings. The Morgan fingerprint density at radius 1 is 1.20 bits per heavy atom. The van der Waals surface area contributed by atoms with Gasteiger partial charge in [0, 0.05) is 5.92 Å². The largest absolute Gasteiger partial charge is 0.497 e. The van der Waals surface area contributed by atoms with Crippen molar-refractivity contribution in [3.05, 3.63) is 59.9 Å². The molecule has 30 heavy (non-hydrogen) atoms. The van der Waals surface area contributed by atoms with E-state index in [4.69, 9.17) is 9.72 Å². The predicted octanol–water partition coefficient (Wildman–Crippen LogP) is 4.63. The number of fused-ring (bicyclic) bond motifs is 1. The second-order valence-corrected chi connectivity index (χ2v) is 8.76. The number of hydrogen-bond donors (Lipinski definition) is 2. The molecule has 1 aromatic heterocycles. The number of nitrogens with one attached hydrogen (secondary N) is 2. The molecule has 6 nitrogen and oxygen atoms in total. The van der Waals surface area contributed by atoms with Crippen molar-refractivity contribution in [1.82, 2.24) is 15.4 Å². The van der Waals surface area contributed by atoms with Crippen LogP contribution in [0.1, 0.15) is 50.9 Å². The first-order valence-corrected chi connectivity index (χ1v) is 10.3. The quantitative estimate of drug-likeness (QED) is 0.481. The number of para-hydroxylation sites is 2. The van der Waals surface area contributed by atoms with Crippen LogP contribution >= 0.6 is 0 Å². The summed E-state index contributed by atoms with van der Waals surface area (Å²) in [7, 11) is 1.63. The lowest BCUT2D eigenvalue weighted by Crippen LogP contribution is -2.45. The number of aromatic amines is 1. The van der Waals surface area contributed by atoms with Gasteiger partial charge in [0.2, 0.25) is 5.91 Å². The molecular formula is C24H28N4O2. The third-order valence-electron chi connectivity index (χ3n) is 6.96. The molecule has 156 valence electrons. The van der Waals surface area contributed by atoms with E-state index in [1.165, 1.54) is 0 Å². The fraction of sp³-hybridized carbons (Fsp3) is 0.375. The van der Waals surface area contributed by atoms with E-state index in [0.717, 1.165) is 41.0 Å². The molecule has 1 aliphatic carbocycles. The number of hydrogen-bond acceptors (Lipinski definition) is 4. The van der Waals surface area contributed by atoms with Gasteiger partial charge in [0.15, 0.2) is 0 Å². The zero-order valence-electron chi connectivity index (χ0n) is 17.9. The summed E-state index contributed by atoms with van der Waals surface area (Å²) < 4.78 is 5.16. The van der Waals surface area contributed by atoms with Crippen molar-refractivity contribution in [3.8, 4) is 5.75 Å². The molecule has 0 aliphatic heterocycles. The molecule has 0 radical (unpaired) electrons. The van der Waals surface area contributed by atoms with E-state index in [-0.39, 0.29) is 17.2 Å². The van der Waals surface area contributed by atoms with Gasteiger partial charge in [0.25, 0.3) is 0 Å². The molecule has 6 heteroatoms. The first kappa shape index (κ1) is 20.1. The highest BCUT2D eigenvalue weighted by Gasteiger charge is 2.57. The Labute approximate surface area is 176 Å². The van der Waals surface area contributed by atoms with Gasteiger partial charge in [-0.25, -0.2) is 10.4 Å². The van der Waals surface area contributed by atoms with E-state index in [0.29, 0.717) is 0 Å². The van der Waals surface area contributed by atoms with E-state index in [1.807, 2.05) is 55.5 Å². The van der Waals surface area contributed by atoms with E-state index in [1.54, 1.807) is 13.3 Å². The minimum atomic E-state index is -0.548. The molecule has 2 N–H and O–H groups in total. The SMILES string of the molecule is COc1ccc(/C=N/NC(=O)C2(C)CCC(c3nc4ccccc4[nH]3)C2(C)C)cc1. The van der Waals surface area contributed by atoms with Crippen LogP contribution < -0.4 is 10.2 Å². The Hall–Kier alpha value is -3.15. The number of H-pyrrole nitrogens is 1. The Morgan fingerprint density at radius 3 is 2.63 bits per heavy atom. The van der Waals surface area contributed by atoms with E-state index in [2.05, 4.69) is 29.4 Å². The van der Waals surface area contributed by atoms with Gasteiger partial charge < -0.3 is 9.72 Å². The molecule has 3 aromatic rings. The molecule has 2 aromatic carbocycles. The summed E-state index contributed by atoms with van der Waals surface area (Å²) in [5, 5.41) is 4.20. The Kier molecular flexibility index (Phi) is 5.10. The summed E-state index contributed by atoms with van der Waals surface area (Å²) in [4.78, 5) is 21.4. The van der Waals surface area contributed by atoms with Gasteiger partial charge in [-0.3, -0.25) is 4.79 Å². The van der Waals surface area contributed by atoms with Gasteiger partial charge >= 0.3 is 0 Å². The van der Waals surface area contributed by atoms with Crippen molar-refractivity contribution in [1.29, 1.82) is 0 Å². The van der Waals surface area contributed by atoms with Crippen LogP contribution in [0.4, 0.5) is 0 Å². The second kappa shape index (κ2) is 7.59. The highest BCUT2D eigenvalue weighted by Crippen LogP contribution is 2.59. The number of imidazole rings is 1. The maximum Gasteiger partial charge on any atom is 0.246 e. The topological polar surface area (TPSA) is 79.4 Å². The fourth-order valence-electron chi connectivity index (χ4n) is 4.50. The summed E-state index contributed by atoms with van der Waals surface area (Å²) in [6.07, 6.45) is 3.34. The summed E-state index contributed by atoms with van der Waals surface area (Å²) in [5.74, 6) is 1.86. The number of carbonyl (C=O) groups is 1. The number of rotatable bonds is 5. The Bertz CT molecular complexity index is 1050. The van der Waals surface area contributed by atoms with E-state index >= 15 is 0 Å². The highest BCUT2D eigenvalue weighted by atomic mass is 16.5. The van der Waals surface area contributed by atoms with Crippen molar-refractivity contribution in [3.63, 3.8) is 0 Å². The third-order valence-corrected chi connectivity index (χ3v) is 6.96. The lowest BCUT2D eigenvalue weighted by molar-refractivity contribution is -0.135. The number of benzene rings is 2. The average Bonchev–Trinajstić information content (AvgIpc) is 3.27. The number of nitrogens with zero attached hydrogens (tertiary/aromatic N) is 2. The average molecular weight is 405 g/mol. The van der Waals surface area contributed by atoms with Gasteiger partial charge in [0.05, 0.1) is 29.8 Å². The number of carbonyl (C=O) groups excluding carboxylic acids is 1.